The summed E-state index contributed by atoms with van der Waals surface area (Å²) in [7, 11) is 1.59. The SMILES string of the molecule is COc1cc(C)cc2[nH]c(=O)c(C)nc12. The highest BCUT2D eigenvalue weighted by atomic mass is 16.5. The molecular weight excluding hydrogens is 192 g/mol. The zero-order chi connectivity index (χ0) is 11.0. The molecule has 0 fully saturated rings. The highest BCUT2D eigenvalue weighted by Gasteiger charge is 2.06. The zero-order valence-electron chi connectivity index (χ0n) is 8.92. The van der Waals surface area contributed by atoms with E-state index in [1.54, 1.807) is 14.0 Å². The van der Waals surface area contributed by atoms with Crippen molar-refractivity contribution in [2.75, 3.05) is 7.11 Å². The highest BCUT2D eigenvalue weighted by Crippen LogP contribution is 2.23. The number of H-pyrrole nitrogens is 1. The molecule has 1 aromatic carbocycles. The number of fused-ring (bicyclic) bond motifs is 1. The lowest BCUT2D eigenvalue weighted by Gasteiger charge is -2.06. The van der Waals surface area contributed by atoms with Crippen LogP contribution in [-0.2, 0) is 0 Å². The molecule has 0 aliphatic rings. The van der Waals surface area contributed by atoms with Crippen molar-refractivity contribution >= 4 is 11.0 Å². The maximum Gasteiger partial charge on any atom is 0.269 e. The van der Waals surface area contributed by atoms with Gasteiger partial charge in [-0.05, 0) is 31.5 Å². The maximum absolute atomic E-state index is 11.4. The molecule has 0 radical (unpaired) electrons. The van der Waals surface area contributed by atoms with Crippen molar-refractivity contribution in [3.63, 3.8) is 0 Å². The van der Waals surface area contributed by atoms with Crippen LogP contribution in [0.15, 0.2) is 16.9 Å². The van der Waals surface area contributed by atoms with Crippen molar-refractivity contribution in [2.24, 2.45) is 0 Å². The number of hydrogen-bond donors (Lipinski definition) is 1. The van der Waals surface area contributed by atoms with E-state index in [1.165, 1.54) is 0 Å². The number of benzene rings is 1. The Morgan fingerprint density at radius 1 is 1.33 bits per heavy atom. The molecule has 0 saturated carbocycles. The summed E-state index contributed by atoms with van der Waals surface area (Å²) in [6.45, 7) is 3.62. The Morgan fingerprint density at radius 3 is 2.73 bits per heavy atom. The van der Waals surface area contributed by atoms with Gasteiger partial charge in [0, 0.05) is 0 Å². The minimum Gasteiger partial charge on any atom is -0.494 e. The molecule has 0 aliphatic carbocycles. The van der Waals surface area contributed by atoms with Crippen LogP contribution in [0.3, 0.4) is 0 Å². The summed E-state index contributed by atoms with van der Waals surface area (Å²) in [5.74, 6) is 0.685. The van der Waals surface area contributed by atoms with Gasteiger partial charge in [0.15, 0.2) is 0 Å². The first kappa shape index (κ1) is 9.71. The van der Waals surface area contributed by atoms with Crippen LogP contribution < -0.4 is 10.3 Å². The van der Waals surface area contributed by atoms with Gasteiger partial charge < -0.3 is 9.72 Å². The molecule has 4 nitrogen and oxygen atoms in total. The summed E-state index contributed by atoms with van der Waals surface area (Å²) >= 11 is 0. The number of nitrogens with one attached hydrogen (secondary N) is 1. The molecule has 0 saturated heterocycles. The standard InChI is InChI=1S/C11H12N2O2/c1-6-4-8-10(9(5-6)15-3)12-7(2)11(14)13-8/h4-5H,1-3H3,(H,13,14). The third-order valence-corrected chi connectivity index (χ3v) is 2.30. The summed E-state index contributed by atoms with van der Waals surface area (Å²) in [6.07, 6.45) is 0. The first-order valence-corrected chi connectivity index (χ1v) is 4.67. The number of aromatic nitrogens is 2. The second-order valence-corrected chi connectivity index (χ2v) is 3.51. The van der Waals surface area contributed by atoms with Crippen LogP contribution in [0.25, 0.3) is 11.0 Å². The van der Waals surface area contributed by atoms with Crippen LogP contribution in [-0.4, -0.2) is 17.1 Å². The second-order valence-electron chi connectivity index (χ2n) is 3.51. The summed E-state index contributed by atoms with van der Waals surface area (Å²) in [5, 5.41) is 0. The van der Waals surface area contributed by atoms with Gasteiger partial charge in [0.2, 0.25) is 0 Å². The van der Waals surface area contributed by atoms with Gasteiger partial charge in [-0.1, -0.05) is 0 Å². The number of nitrogens with zero attached hydrogens (tertiary/aromatic N) is 1. The van der Waals surface area contributed by atoms with Gasteiger partial charge in [0.05, 0.1) is 12.6 Å². The first-order chi connectivity index (χ1) is 7.11. The summed E-state index contributed by atoms with van der Waals surface area (Å²) in [5.41, 5.74) is 2.73. The Labute approximate surface area is 86.9 Å². The van der Waals surface area contributed by atoms with Crippen molar-refractivity contribution < 1.29 is 4.74 Å². The zero-order valence-corrected chi connectivity index (χ0v) is 8.92. The highest BCUT2D eigenvalue weighted by molar-refractivity contribution is 5.81. The Morgan fingerprint density at radius 2 is 2.07 bits per heavy atom. The Hall–Kier alpha value is -1.84. The quantitative estimate of drug-likeness (QED) is 0.766. The molecule has 0 bridgehead atoms. The number of aryl methyl sites for hydroxylation is 2. The van der Waals surface area contributed by atoms with E-state index in [-0.39, 0.29) is 5.56 Å². The average Bonchev–Trinajstić information content (AvgIpc) is 2.19. The smallest absolute Gasteiger partial charge is 0.269 e. The fourth-order valence-corrected chi connectivity index (χ4v) is 1.54. The number of hydrogen-bond acceptors (Lipinski definition) is 3. The van der Waals surface area contributed by atoms with Gasteiger partial charge in [0.1, 0.15) is 17.0 Å². The van der Waals surface area contributed by atoms with Crippen molar-refractivity contribution in [3.8, 4) is 5.75 Å². The molecule has 2 rings (SSSR count). The van der Waals surface area contributed by atoms with Crippen LogP contribution in [0.5, 0.6) is 5.75 Å². The lowest BCUT2D eigenvalue weighted by molar-refractivity contribution is 0.418. The molecule has 0 amide bonds. The molecule has 78 valence electrons. The van der Waals surface area contributed by atoms with Gasteiger partial charge >= 0.3 is 0 Å². The predicted octanol–water partition coefficient (Wildman–Crippen LogP) is 1.55. The lowest BCUT2D eigenvalue weighted by Crippen LogP contribution is -2.11. The minimum atomic E-state index is -0.157. The van der Waals surface area contributed by atoms with Crippen molar-refractivity contribution in [2.45, 2.75) is 13.8 Å². The van der Waals surface area contributed by atoms with E-state index in [1.807, 2.05) is 19.1 Å². The number of aromatic amines is 1. The van der Waals surface area contributed by atoms with E-state index in [4.69, 9.17) is 4.74 Å². The molecule has 0 aliphatic heterocycles. The molecule has 0 spiro atoms. The molecular formula is C11H12N2O2. The van der Waals surface area contributed by atoms with E-state index in [0.717, 1.165) is 5.56 Å². The van der Waals surface area contributed by atoms with Crippen molar-refractivity contribution in [1.29, 1.82) is 0 Å². The second kappa shape index (κ2) is 3.38. The van der Waals surface area contributed by atoms with Gasteiger partial charge in [0.25, 0.3) is 5.56 Å². The molecule has 15 heavy (non-hydrogen) atoms. The Balaban J connectivity index is 2.90. The van der Waals surface area contributed by atoms with E-state index in [9.17, 15) is 4.79 Å². The summed E-state index contributed by atoms with van der Waals surface area (Å²) in [6, 6.07) is 3.78. The third-order valence-electron chi connectivity index (χ3n) is 2.30. The van der Waals surface area contributed by atoms with E-state index in [0.29, 0.717) is 22.5 Å². The van der Waals surface area contributed by atoms with Crippen LogP contribution in [0.2, 0.25) is 0 Å². The average molecular weight is 204 g/mol. The third kappa shape index (κ3) is 1.58. The molecule has 0 atom stereocenters. The molecule has 1 heterocycles. The molecule has 1 aromatic heterocycles. The van der Waals surface area contributed by atoms with Crippen LogP contribution in [0, 0.1) is 13.8 Å². The van der Waals surface area contributed by atoms with E-state index >= 15 is 0 Å². The van der Waals surface area contributed by atoms with Gasteiger partial charge in [-0.2, -0.15) is 0 Å². The Bertz CT molecular complexity index is 573. The molecule has 1 N–H and O–H groups in total. The van der Waals surface area contributed by atoms with Crippen LogP contribution in [0.1, 0.15) is 11.3 Å². The topological polar surface area (TPSA) is 55.0 Å². The number of ether oxygens (including phenoxy) is 1. The van der Waals surface area contributed by atoms with Crippen LogP contribution in [0.4, 0.5) is 0 Å². The monoisotopic (exact) mass is 204 g/mol. The normalized spacial score (nSPS) is 10.6. The van der Waals surface area contributed by atoms with E-state index < -0.39 is 0 Å². The fourth-order valence-electron chi connectivity index (χ4n) is 1.54. The Kier molecular flexibility index (Phi) is 2.19. The largest absolute Gasteiger partial charge is 0.494 e. The fraction of sp³-hybridized carbons (Fsp3) is 0.273. The predicted molar refractivity (Wildman–Crippen MR) is 58.4 cm³/mol. The van der Waals surface area contributed by atoms with Gasteiger partial charge in [-0.15, -0.1) is 0 Å². The minimum absolute atomic E-state index is 0.157. The van der Waals surface area contributed by atoms with Crippen LogP contribution >= 0.6 is 0 Å². The van der Waals surface area contributed by atoms with Crippen molar-refractivity contribution in [3.05, 3.63) is 33.7 Å². The summed E-state index contributed by atoms with van der Waals surface area (Å²) in [4.78, 5) is 18.4. The maximum atomic E-state index is 11.4. The van der Waals surface area contributed by atoms with Gasteiger partial charge in [-0.25, -0.2) is 4.98 Å². The van der Waals surface area contributed by atoms with Crippen molar-refractivity contribution in [1.82, 2.24) is 9.97 Å². The molecule has 4 heteroatoms. The number of rotatable bonds is 1. The molecule has 2 aromatic rings. The van der Waals surface area contributed by atoms with E-state index in [2.05, 4.69) is 9.97 Å². The first-order valence-electron chi connectivity index (χ1n) is 4.67. The molecule has 0 unspecified atom stereocenters. The lowest BCUT2D eigenvalue weighted by atomic mass is 10.2. The number of methoxy groups -OCH3 is 1. The van der Waals surface area contributed by atoms with Gasteiger partial charge in [-0.3, -0.25) is 4.79 Å². The summed E-state index contributed by atoms with van der Waals surface area (Å²) < 4.78 is 5.22.